The second-order valence-corrected chi connectivity index (χ2v) is 9.68. The van der Waals surface area contributed by atoms with E-state index in [0.29, 0.717) is 39.5 Å². The molecule has 10 heteroatoms. The Hall–Kier alpha value is -3.24. The van der Waals surface area contributed by atoms with Gasteiger partial charge in [-0.25, -0.2) is 22.6 Å². The van der Waals surface area contributed by atoms with E-state index in [1.807, 2.05) is 0 Å². The molecule has 0 aliphatic heterocycles. The van der Waals surface area contributed by atoms with Gasteiger partial charge in [-0.05, 0) is 42.8 Å². The lowest BCUT2D eigenvalue weighted by atomic mass is 10.1. The molecule has 2 aromatic carbocycles. The van der Waals surface area contributed by atoms with Gasteiger partial charge in [0.15, 0.2) is 0 Å². The molecule has 2 N–H and O–H groups in total. The monoisotopic (exact) mass is 445 g/mol. The number of thiophene rings is 1. The Morgan fingerprint density at radius 2 is 1.93 bits per heavy atom. The molecular weight excluding hydrogens is 429 g/mol. The standard InChI is InChI=1S/C20H16FN3O4S2/c1-11-3-4-12(19-22-15-10-13(21)5-6-16(15)24(19)2)9-14(11)23-30(27,28)18-8-7-17(29-18)20(25)26/h3-10,23H,1-2H3,(H,25,26). The zero-order chi connectivity index (χ0) is 21.6. The molecule has 0 aliphatic rings. The van der Waals surface area contributed by atoms with E-state index in [-0.39, 0.29) is 14.9 Å². The predicted octanol–water partition coefficient (Wildman–Crippen LogP) is 4.25. The number of rotatable bonds is 5. The zero-order valence-electron chi connectivity index (χ0n) is 15.9. The fraction of sp³-hybridized carbons (Fsp3) is 0.100. The largest absolute Gasteiger partial charge is 0.477 e. The van der Waals surface area contributed by atoms with Crippen LogP contribution in [0.5, 0.6) is 0 Å². The van der Waals surface area contributed by atoms with Crippen molar-refractivity contribution in [3.8, 4) is 11.4 Å². The quantitative estimate of drug-likeness (QED) is 0.478. The normalized spacial score (nSPS) is 11.7. The molecule has 4 rings (SSSR count). The van der Waals surface area contributed by atoms with Crippen LogP contribution in [-0.2, 0) is 17.1 Å². The number of nitrogens with zero attached hydrogens (tertiary/aromatic N) is 2. The molecule has 0 unspecified atom stereocenters. The number of aryl methyl sites for hydroxylation is 2. The van der Waals surface area contributed by atoms with Gasteiger partial charge in [0.05, 0.1) is 16.7 Å². The van der Waals surface area contributed by atoms with Crippen molar-refractivity contribution in [1.82, 2.24) is 9.55 Å². The molecule has 0 saturated carbocycles. The summed E-state index contributed by atoms with van der Waals surface area (Å²) in [4.78, 5) is 15.5. The molecule has 0 aliphatic carbocycles. The van der Waals surface area contributed by atoms with E-state index in [0.717, 1.165) is 5.52 Å². The minimum absolute atomic E-state index is 0.0622. The van der Waals surface area contributed by atoms with Gasteiger partial charge < -0.3 is 9.67 Å². The van der Waals surface area contributed by atoms with Gasteiger partial charge >= 0.3 is 5.97 Å². The van der Waals surface area contributed by atoms with E-state index in [1.165, 1.54) is 24.3 Å². The number of halogens is 1. The molecule has 0 radical (unpaired) electrons. The number of benzene rings is 2. The minimum atomic E-state index is -3.96. The van der Waals surface area contributed by atoms with Gasteiger partial charge in [-0.3, -0.25) is 4.72 Å². The van der Waals surface area contributed by atoms with Crippen LogP contribution < -0.4 is 4.72 Å². The molecule has 0 bridgehead atoms. The smallest absolute Gasteiger partial charge is 0.345 e. The average molecular weight is 445 g/mol. The third kappa shape index (κ3) is 3.55. The second kappa shape index (κ2) is 7.22. The first-order valence-corrected chi connectivity index (χ1v) is 11.0. The Kier molecular flexibility index (Phi) is 4.83. The van der Waals surface area contributed by atoms with Crippen LogP contribution in [0.15, 0.2) is 52.7 Å². The predicted molar refractivity (Wildman–Crippen MR) is 113 cm³/mol. The van der Waals surface area contributed by atoms with Crippen molar-refractivity contribution < 1.29 is 22.7 Å². The number of fused-ring (bicyclic) bond motifs is 1. The fourth-order valence-corrected chi connectivity index (χ4v) is 5.34. The second-order valence-electron chi connectivity index (χ2n) is 6.69. The van der Waals surface area contributed by atoms with Gasteiger partial charge in [0, 0.05) is 18.7 Å². The lowest BCUT2D eigenvalue weighted by molar-refractivity contribution is 0.0702. The molecule has 2 aromatic heterocycles. The van der Waals surface area contributed by atoms with Gasteiger partial charge in [-0.2, -0.15) is 0 Å². The van der Waals surface area contributed by atoms with Crippen LogP contribution in [0.4, 0.5) is 10.1 Å². The molecule has 0 atom stereocenters. The van der Waals surface area contributed by atoms with Gasteiger partial charge in [0.1, 0.15) is 20.7 Å². The first kappa shape index (κ1) is 20.0. The van der Waals surface area contributed by atoms with Crippen LogP contribution in [0.2, 0.25) is 0 Å². The molecule has 4 aromatic rings. The van der Waals surface area contributed by atoms with Crippen molar-refractivity contribution in [2.45, 2.75) is 11.1 Å². The van der Waals surface area contributed by atoms with Crippen molar-refractivity contribution in [1.29, 1.82) is 0 Å². The van der Waals surface area contributed by atoms with E-state index in [9.17, 15) is 17.6 Å². The van der Waals surface area contributed by atoms with Crippen molar-refractivity contribution in [2.75, 3.05) is 4.72 Å². The maximum absolute atomic E-state index is 13.5. The van der Waals surface area contributed by atoms with E-state index in [1.54, 1.807) is 42.8 Å². The number of imidazole rings is 1. The summed E-state index contributed by atoms with van der Waals surface area (Å²) >= 11 is 0.678. The van der Waals surface area contributed by atoms with Crippen molar-refractivity contribution >= 4 is 44.1 Å². The number of carbonyl (C=O) groups is 1. The summed E-state index contributed by atoms with van der Waals surface area (Å²) in [6.45, 7) is 1.75. The lowest BCUT2D eigenvalue weighted by Crippen LogP contribution is -2.12. The topological polar surface area (TPSA) is 101 Å². The third-order valence-electron chi connectivity index (χ3n) is 4.64. The lowest BCUT2D eigenvalue weighted by Gasteiger charge is -2.11. The number of sulfonamides is 1. The van der Waals surface area contributed by atoms with Crippen LogP contribution in [0.3, 0.4) is 0 Å². The van der Waals surface area contributed by atoms with Crippen LogP contribution in [0.1, 0.15) is 15.2 Å². The van der Waals surface area contributed by atoms with Crippen LogP contribution in [-0.4, -0.2) is 29.0 Å². The highest BCUT2D eigenvalue weighted by Crippen LogP contribution is 2.30. The van der Waals surface area contributed by atoms with E-state index in [2.05, 4.69) is 9.71 Å². The van der Waals surface area contributed by atoms with Gasteiger partial charge in [0.2, 0.25) is 0 Å². The SMILES string of the molecule is Cc1ccc(-c2nc3cc(F)ccc3n2C)cc1NS(=O)(=O)c1ccc(C(=O)O)s1. The highest BCUT2D eigenvalue weighted by Gasteiger charge is 2.21. The number of hydrogen-bond donors (Lipinski definition) is 2. The van der Waals surface area contributed by atoms with Crippen LogP contribution in [0.25, 0.3) is 22.4 Å². The molecule has 0 spiro atoms. The number of aromatic carboxylic acids is 1. The molecule has 0 fully saturated rings. The Morgan fingerprint density at radius 3 is 2.63 bits per heavy atom. The number of nitrogens with one attached hydrogen (secondary N) is 1. The first-order chi connectivity index (χ1) is 14.2. The fourth-order valence-electron chi connectivity index (χ4n) is 3.08. The molecular formula is C20H16FN3O4S2. The molecule has 0 saturated heterocycles. The summed E-state index contributed by atoms with van der Waals surface area (Å²) < 4.78 is 43.2. The van der Waals surface area contributed by atoms with E-state index < -0.39 is 16.0 Å². The highest BCUT2D eigenvalue weighted by molar-refractivity contribution is 7.94. The summed E-state index contributed by atoms with van der Waals surface area (Å²) in [6, 6.07) is 12.1. The number of aromatic nitrogens is 2. The molecule has 154 valence electrons. The summed E-state index contributed by atoms with van der Waals surface area (Å²) in [5.74, 6) is -1.01. The molecule has 7 nitrogen and oxygen atoms in total. The Bertz CT molecular complexity index is 1410. The zero-order valence-corrected chi connectivity index (χ0v) is 17.5. The maximum atomic E-state index is 13.5. The van der Waals surface area contributed by atoms with Crippen LogP contribution >= 0.6 is 11.3 Å². The summed E-state index contributed by atoms with van der Waals surface area (Å²) in [5, 5.41) is 9.03. The number of hydrogen-bond acceptors (Lipinski definition) is 5. The minimum Gasteiger partial charge on any atom is -0.477 e. The van der Waals surface area contributed by atoms with Gasteiger partial charge in [-0.15, -0.1) is 11.3 Å². The van der Waals surface area contributed by atoms with E-state index >= 15 is 0 Å². The number of carboxylic acids is 1. The molecule has 2 heterocycles. The highest BCUT2D eigenvalue weighted by atomic mass is 32.2. The Balaban J connectivity index is 1.73. The maximum Gasteiger partial charge on any atom is 0.345 e. The van der Waals surface area contributed by atoms with Crippen molar-refractivity contribution in [3.05, 3.63) is 64.8 Å². The van der Waals surface area contributed by atoms with Crippen molar-refractivity contribution in [3.63, 3.8) is 0 Å². The Labute approximate surface area is 175 Å². The summed E-state index contributed by atoms with van der Waals surface area (Å²) in [7, 11) is -2.16. The first-order valence-electron chi connectivity index (χ1n) is 8.74. The van der Waals surface area contributed by atoms with E-state index in [4.69, 9.17) is 5.11 Å². The number of carboxylic acid groups (broad SMARTS) is 1. The number of anilines is 1. The van der Waals surface area contributed by atoms with Crippen molar-refractivity contribution in [2.24, 2.45) is 7.05 Å². The molecule has 30 heavy (non-hydrogen) atoms. The molecule has 0 amide bonds. The third-order valence-corrected chi connectivity index (χ3v) is 7.57. The Morgan fingerprint density at radius 1 is 1.17 bits per heavy atom. The van der Waals surface area contributed by atoms with Gasteiger partial charge in [0.25, 0.3) is 10.0 Å². The summed E-state index contributed by atoms with van der Waals surface area (Å²) in [5.41, 5.74) is 2.91. The van der Waals surface area contributed by atoms with Gasteiger partial charge in [-0.1, -0.05) is 12.1 Å². The van der Waals surface area contributed by atoms with Crippen LogP contribution in [0, 0.1) is 12.7 Å². The summed E-state index contributed by atoms with van der Waals surface area (Å²) in [6.07, 6.45) is 0. The average Bonchev–Trinajstić information content (AvgIpc) is 3.29.